The minimum atomic E-state index is -0.609. The van der Waals surface area contributed by atoms with E-state index < -0.39 is 6.04 Å². The van der Waals surface area contributed by atoms with Crippen molar-refractivity contribution in [3.63, 3.8) is 0 Å². The van der Waals surface area contributed by atoms with Gasteiger partial charge in [0.1, 0.15) is 11.7 Å². The van der Waals surface area contributed by atoms with Gasteiger partial charge in [0.15, 0.2) is 0 Å². The molecule has 1 saturated heterocycles. The summed E-state index contributed by atoms with van der Waals surface area (Å²) in [6, 6.07) is 12.8. The number of benzene rings is 1. The van der Waals surface area contributed by atoms with Gasteiger partial charge in [0.05, 0.1) is 6.07 Å². The van der Waals surface area contributed by atoms with Crippen LogP contribution in [0.4, 0.5) is 17.3 Å². The van der Waals surface area contributed by atoms with Gasteiger partial charge in [0.2, 0.25) is 5.95 Å². The molecule has 2 aromatic heterocycles. The van der Waals surface area contributed by atoms with E-state index in [0.717, 1.165) is 18.8 Å². The molecule has 3 heterocycles. The van der Waals surface area contributed by atoms with Crippen LogP contribution in [0.5, 0.6) is 0 Å². The van der Waals surface area contributed by atoms with Crippen molar-refractivity contribution in [1.29, 1.82) is 5.26 Å². The fraction of sp³-hybridized carbons (Fsp3) is 0.333. The minimum Gasteiger partial charge on any atom is -0.372 e. The van der Waals surface area contributed by atoms with Crippen LogP contribution >= 0.6 is 0 Å². The number of aromatic nitrogens is 3. The summed E-state index contributed by atoms with van der Waals surface area (Å²) in [5.41, 5.74) is 2.29. The smallest absolute Gasteiger partial charge is 0.253 e. The summed E-state index contributed by atoms with van der Waals surface area (Å²) < 4.78 is 1.39. The number of pyridine rings is 1. The van der Waals surface area contributed by atoms with Crippen molar-refractivity contribution in [1.82, 2.24) is 14.5 Å². The Morgan fingerprint density at radius 2 is 1.86 bits per heavy atom. The van der Waals surface area contributed by atoms with E-state index in [-0.39, 0.29) is 5.56 Å². The van der Waals surface area contributed by atoms with Crippen molar-refractivity contribution in [2.75, 3.05) is 23.3 Å². The lowest BCUT2D eigenvalue weighted by Crippen LogP contribution is -2.29. The number of hydrogen-bond acceptors (Lipinski definition) is 6. The fourth-order valence-electron chi connectivity index (χ4n) is 3.57. The van der Waals surface area contributed by atoms with Crippen LogP contribution in [0.3, 0.4) is 0 Å². The Kier molecular flexibility index (Phi) is 4.94. The first-order valence-corrected chi connectivity index (χ1v) is 9.55. The highest BCUT2D eigenvalue weighted by Crippen LogP contribution is 2.23. The Morgan fingerprint density at radius 3 is 2.57 bits per heavy atom. The lowest BCUT2D eigenvalue weighted by molar-refractivity contribution is 0.578. The Hall–Kier alpha value is -3.40. The lowest BCUT2D eigenvalue weighted by atomic mass is 10.1. The predicted molar refractivity (Wildman–Crippen MR) is 110 cm³/mol. The molecule has 3 aromatic rings. The van der Waals surface area contributed by atoms with Crippen LogP contribution in [0.25, 0.3) is 11.0 Å². The van der Waals surface area contributed by atoms with E-state index in [1.165, 1.54) is 35.6 Å². The van der Waals surface area contributed by atoms with E-state index in [1.54, 1.807) is 19.2 Å². The van der Waals surface area contributed by atoms with Gasteiger partial charge in [-0.1, -0.05) is 0 Å². The van der Waals surface area contributed by atoms with Crippen molar-refractivity contribution >= 4 is 28.4 Å². The van der Waals surface area contributed by atoms with Crippen LogP contribution in [0.1, 0.15) is 32.2 Å². The largest absolute Gasteiger partial charge is 0.372 e. The molecule has 28 heavy (non-hydrogen) atoms. The molecule has 0 aliphatic carbocycles. The Morgan fingerprint density at radius 1 is 1.11 bits per heavy atom. The second-order valence-electron chi connectivity index (χ2n) is 7.04. The Balaban J connectivity index is 1.61. The van der Waals surface area contributed by atoms with E-state index in [4.69, 9.17) is 0 Å². The maximum absolute atomic E-state index is 12.2. The van der Waals surface area contributed by atoms with Crippen LogP contribution in [0.15, 0.2) is 47.4 Å². The molecule has 0 saturated carbocycles. The third-order valence-corrected chi connectivity index (χ3v) is 5.09. The maximum atomic E-state index is 12.2. The topological polar surface area (TPSA) is 86.8 Å². The number of nitriles is 1. The molecule has 1 N–H and O–H groups in total. The van der Waals surface area contributed by atoms with Crippen LogP contribution in [0.2, 0.25) is 0 Å². The average Bonchev–Trinajstić information content (AvgIpc) is 2.74. The second kappa shape index (κ2) is 7.69. The predicted octanol–water partition coefficient (Wildman–Crippen LogP) is 3.61. The van der Waals surface area contributed by atoms with Gasteiger partial charge in [0, 0.05) is 42.1 Å². The summed E-state index contributed by atoms with van der Waals surface area (Å²) in [5, 5.41) is 13.1. The van der Waals surface area contributed by atoms with Gasteiger partial charge in [-0.05, 0) is 56.5 Å². The average molecular weight is 374 g/mol. The summed E-state index contributed by atoms with van der Waals surface area (Å²) in [4.78, 5) is 23.5. The zero-order chi connectivity index (χ0) is 19.5. The molecule has 1 aliphatic heterocycles. The van der Waals surface area contributed by atoms with Crippen molar-refractivity contribution in [3.05, 3.63) is 52.9 Å². The maximum Gasteiger partial charge on any atom is 0.253 e. The lowest BCUT2D eigenvalue weighted by Gasteiger charge is -2.28. The van der Waals surface area contributed by atoms with Gasteiger partial charge in [-0.3, -0.25) is 9.36 Å². The highest BCUT2D eigenvalue weighted by Gasteiger charge is 2.13. The van der Waals surface area contributed by atoms with Crippen molar-refractivity contribution in [2.45, 2.75) is 32.2 Å². The summed E-state index contributed by atoms with van der Waals surface area (Å²) in [5.74, 6) is 0.391. The molecule has 4 rings (SSSR count). The molecule has 1 unspecified atom stereocenters. The SMILES string of the molecule is CC(C#N)n1c(=O)ccc2cnc(Nc3ccc(N4CCCCC4)cc3)nc21. The van der Waals surface area contributed by atoms with Gasteiger partial charge in [-0.15, -0.1) is 0 Å². The van der Waals surface area contributed by atoms with Crippen LogP contribution in [-0.4, -0.2) is 27.6 Å². The highest BCUT2D eigenvalue weighted by molar-refractivity contribution is 5.76. The molecule has 0 bridgehead atoms. The van der Waals surface area contributed by atoms with Crippen molar-refractivity contribution < 1.29 is 0 Å². The molecule has 1 aliphatic rings. The van der Waals surface area contributed by atoms with Gasteiger partial charge in [-0.25, -0.2) is 4.98 Å². The molecular formula is C21H22N6O. The number of rotatable bonds is 4. The third kappa shape index (κ3) is 3.54. The van der Waals surface area contributed by atoms with E-state index in [0.29, 0.717) is 17.0 Å². The van der Waals surface area contributed by atoms with Crippen LogP contribution in [-0.2, 0) is 0 Å². The number of nitrogens with zero attached hydrogens (tertiary/aromatic N) is 5. The Labute approximate surface area is 163 Å². The fourth-order valence-corrected chi connectivity index (χ4v) is 3.57. The molecule has 0 amide bonds. The number of piperidine rings is 1. The number of nitrogens with one attached hydrogen (secondary N) is 1. The van der Waals surface area contributed by atoms with Gasteiger partial charge in [0.25, 0.3) is 5.56 Å². The van der Waals surface area contributed by atoms with E-state index in [1.807, 2.05) is 12.1 Å². The Bertz CT molecular complexity index is 1080. The summed E-state index contributed by atoms with van der Waals surface area (Å²) >= 11 is 0. The molecule has 1 atom stereocenters. The molecule has 142 valence electrons. The molecule has 1 fully saturated rings. The molecule has 7 nitrogen and oxygen atoms in total. The molecule has 1 aromatic carbocycles. The van der Waals surface area contributed by atoms with Gasteiger partial charge >= 0.3 is 0 Å². The quantitative estimate of drug-likeness (QED) is 0.751. The van der Waals surface area contributed by atoms with Gasteiger partial charge in [-0.2, -0.15) is 10.2 Å². The third-order valence-electron chi connectivity index (χ3n) is 5.09. The zero-order valence-corrected chi connectivity index (χ0v) is 15.8. The van der Waals surface area contributed by atoms with Crippen LogP contribution < -0.4 is 15.8 Å². The van der Waals surface area contributed by atoms with Gasteiger partial charge < -0.3 is 10.2 Å². The molecule has 0 spiro atoms. The summed E-state index contributed by atoms with van der Waals surface area (Å²) in [7, 11) is 0. The molecule has 7 heteroatoms. The normalized spacial score (nSPS) is 15.2. The van der Waals surface area contributed by atoms with E-state index in [9.17, 15) is 10.1 Å². The first-order valence-electron chi connectivity index (χ1n) is 9.55. The summed E-state index contributed by atoms with van der Waals surface area (Å²) in [6.07, 6.45) is 5.46. The number of anilines is 3. The standard InChI is InChI=1S/C21H22N6O/c1-15(13-22)27-19(28)10-5-16-14-23-21(25-20(16)27)24-17-6-8-18(9-7-17)26-11-3-2-4-12-26/h5-10,14-15H,2-4,11-12H2,1H3,(H,23,24,25). The van der Waals surface area contributed by atoms with Crippen LogP contribution in [0, 0.1) is 11.3 Å². The van der Waals surface area contributed by atoms with Crippen molar-refractivity contribution in [3.8, 4) is 6.07 Å². The summed E-state index contributed by atoms with van der Waals surface area (Å²) in [6.45, 7) is 3.89. The van der Waals surface area contributed by atoms with Crippen molar-refractivity contribution in [2.24, 2.45) is 0 Å². The highest BCUT2D eigenvalue weighted by atomic mass is 16.1. The monoisotopic (exact) mass is 374 g/mol. The molecule has 0 radical (unpaired) electrons. The number of fused-ring (bicyclic) bond motifs is 1. The van der Waals surface area contributed by atoms with E-state index in [2.05, 4.69) is 38.4 Å². The first kappa shape index (κ1) is 18.0. The number of hydrogen-bond donors (Lipinski definition) is 1. The zero-order valence-electron chi connectivity index (χ0n) is 15.8. The second-order valence-corrected chi connectivity index (χ2v) is 7.04. The van der Waals surface area contributed by atoms with E-state index >= 15 is 0 Å². The molecular weight excluding hydrogens is 352 g/mol. The first-order chi connectivity index (χ1) is 13.7. The minimum absolute atomic E-state index is 0.253.